The quantitative estimate of drug-likeness (QED) is 0.0793. The summed E-state index contributed by atoms with van der Waals surface area (Å²) in [5.41, 5.74) is 0. The number of phosphoric acid groups is 1. The first-order chi connectivity index (χ1) is 14.0. The van der Waals surface area contributed by atoms with Gasteiger partial charge in [-0.15, -0.1) is 4.67 Å². The normalized spacial score (nSPS) is 12.4. The third-order valence-corrected chi connectivity index (χ3v) is 5.08. The van der Waals surface area contributed by atoms with Crippen molar-refractivity contribution in [2.45, 2.75) is 103 Å². The van der Waals surface area contributed by atoms with Crippen LogP contribution < -0.4 is 56.1 Å². The zero-order chi connectivity index (χ0) is 21.2. The predicted molar refractivity (Wildman–Crippen MR) is 116 cm³/mol. The van der Waals surface area contributed by atoms with Crippen molar-refractivity contribution in [3.05, 3.63) is 30.3 Å². The molecule has 0 aliphatic carbocycles. The van der Waals surface area contributed by atoms with Crippen molar-refractivity contribution < 1.29 is 81.5 Å². The van der Waals surface area contributed by atoms with Crippen molar-refractivity contribution in [3.63, 3.8) is 0 Å². The summed E-state index contributed by atoms with van der Waals surface area (Å²) >= 11 is 0. The van der Waals surface area contributed by atoms with E-state index < -0.39 is 14.1 Å². The van der Waals surface area contributed by atoms with Crippen molar-refractivity contribution in [2.75, 3.05) is 0 Å². The monoisotopic (exact) mass is 470 g/mol. The van der Waals surface area contributed by atoms with E-state index in [1.807, 2.05) is 18.2 Å². The van der Waals surface area contributed by atoms with Crippen molar-refractivity contribution in [3.8, 4) is 5.75 Å². The second-order valence-corrected chi connectivity index (χ2v) is 8.68. The van der Waals surface area contributed by atoms with Crippen LogP contribution in [0.25, 0.3) is 0 Å². The fourth-order valence-electron chi connectivity index (χ4n) is 3.21. The zero-order valence-corrected chi connectivity index (χ0v) is 22.9. The number of hydrogen-bond acceptors (Lipinski definition) is 4. The molecule has 0 bridgehead atoms. The molecule has 6 nitrogen and oxygen atoms in total. The molecule has 2 N–H and O–H groups in total. The molecule has 1 aromatic carbocycles. The van der Waals surface area contributed by atoms with Crippen LogP contribution in [0.15, 0.2) is 30.3 Å². The van der Waals surface area contributed by atoms with Crippen LogP contribution >= 0.6 is 7.82 Å². The number of benzene rings is 1. The minimum Gasteiger partial charge on any atom is -1.00 e. The van der Waals surface area contributed by atoms with Crippen LogP contribution in [-0.4, -0.2) is 16.1 Å². The summed E-state index contributed by atoms with van der Waals surface area (Å²) < 4.78 is 20.7. The van der Waals surface area contributed by atoms with Gasteiger partial charge in [-0.05, 0) is 18.6 Å². The maximum Gasteiger partial charge on any atom is 1.00 e. The molecule has 0 saturated carbocycles. The molecule has 30 heavy (non-hydrogen) atoms. The standard InChI is InChI=1S/C22H39O6P.K.H/c1-2-3-4-5-6-7-8-9-10-11-12-13-17-20-22(27-28-29(23,24)25)26-21-18-15-14-16-19-21;;/h14-16,18-19,22H,2-13,17,20H2,1H3,(H2,23,24,25);;/q;+1;-1. The molecule has 1 rings (SSSR count). The Morgan fingerprint density at radius 1 is 0.833 bits per heavy atom. The van der Waals surface area contributed by atoms with Gasteiger partial charge in [0.15, 0.2) is 0 Å². The van der Waals surface area contributed by atoms with Crippen molar-refractivity contribution in [1.29, 1.82) is 0 Å². The van der Waals surface area contributed by atoms with E-state index in [9.17, 15) is 4.57 Å². The fourth-order valence-corrected chi connectivity index (χ4v) is 3.42. The Morgan fingerprint density at radius 3 is 1.77 bits per heavy atom. The fraction of sp³-hybridized carbons (Fsp3) is 0.727. The maximum atomic E-state index is 10.9. The van der Waals surface area contributed by atoms with Crippen LogP contribution in [0.2, 0.25) is 0 Å². The number of unbranched alkanes of at least 4 members (excludes halogenated alkanes) is 12. The Morgan fingerprint density at radius 2 is 1.30 bits per heavy atom. The van der Waals surface area contributed by atoms with Gasteiger partial charge in [-0.1, -0.05) is 102 Å². The molecule has 1 aromatic rings. The molecule has 0 aliphatic heterocycles. The first kappa shape index (κ1) is 30.7. The minimum atomic E-state index is -4.70. The van der Waals surface area contributed by atoms with Gasteiger partial charge in [-0.25, -0.2) is 4.57 Å². The molecule has 0 radical (unpaired) electrons. The summed E-state index contributed by atoms with van der Waals surface area (Å²) in [6.45, 7) is 2.25. The molecule has 0 saturated heterocycles. The molecule has 8 heteroatoms. The predicted octanol–water partition coefficient (Wildman–Crippen LogP) is 4.03. The van der Waals surface area contributed by atoms with Crippen LogP contribution in [0, 0.1) is 0 Å². The topological polar surface area (TPSA) is 85.2 Å². The smallest absolute Gasteiger partial charge is 1.00 e. The van der Waals surface area contributed by atoms with Gasteiger partial charge in [0.25, 0.3) is 0 Å². The molecule has 0 amide bonds. The van der Waals surface area contributed by atoms with Crippen molar-refractivity contribution >= 4 is 7.82 Å². The van der Waals surface area contributed by atoms with Gasteiger partial charge in [0.05, 0.1) is 0 Å². The number of rotatable bonds is 19. The van der Waals surface area contributed by atoms with Gasteiger partial charge < -0.3 is 16.0 Å². The molecule has 0 aromatic heterocycles. The second-order valence-electron chi connectivity index (χ2n) is 7.55. The van der Waals surface area contributed by atoms with Crippen LogP contribution in [-0.2, 0) is 14.1 Å². The number of para-hydroxylation sites is 1. The first-order valence-corrected chi connectivity index (χ1v) is 12.7. The van der Waals surface area contributed by atoms with E-state index in [4.69, 9.17) is 19.4 Å². The molecular formula is C22H40KO6P. The third kappa shape index (κ3) is 19.4. The zero-order valence-electron chi connectivity index (χ0n) is 19.8. The summed E-state index contributed by atoms with van der Waals surface area (Å²) in [6, 6.07) is 9.03. The van der Waals surface area contributed by atoms with E-state index in [0.29, 0.717) is 12.2 Å². The van der Waals surface area contributed by atoms with Gasteiger partial charge in [0.1, 0.15) is 5.75 Å². The summed E-state index contributed by atoms with van der Waals surface area (Å²) in [5, 5.41) is 0. The molecule has 170 valence electrons. The van der Waals surface area contributed by atoms with Gasteiger partial charge in [0.2, 0.25) is 6.29 Å². The van der Waals surface area contributed by atoms with E-state index >= 15 is 0 Å². The average molecular weight is 471 g/mol. The van der Waals surface area contributed by atoms with Crippen LogP contribution in [0.5, 0.6) is 5.75 Å². The van der Waals surface area contributed by atoms with Crippen LogP contribution in [0.4, 0.5) is 0 Å². The van der Waals surface area contributed by atoms with Gasteiger partial charge >= 0.3 is 59.2 Å². The third-order valence-electron chi connectivity index (χ3n) is 4.80. The second kappa shape index (κ2) is 20.3. The van der Waals surface area contributed by atoms with Gasteiger partial charge in [-0.3, -0.25) is 0 Å². The van der Waals surface area contributed by atoms with E-state index in [2.05, 4.69) is 11.6 Å². The van der Waals surface area contributed by atoms with Gasteiger partial charge in [-0.2, -0.15) is 4.89 Å². The summed E-state index contributed by atoms with van der Waals surface area (Å²) in [5.74, 6) is 0.571. The SMILES string of the molecule is CCCCCCCCCCCCCCCC(OOP(=O)(O)O)Oc1ccccc1.[H-].[K+]. The van der Waals surface area contributed by atoms with Crippen LogP contribution in [0.1, 0.15) is 98.2 Å². The molecule has 0 fully saturated rings. The molecule has 0 spiro atoms. The molecule has 1 unspecified atom stereocenters. The Balaban J connectivity index is 0. The Kier molecular flexibility index (Phi) is 20.8. The Labute approximate surface area is 226 Å². The van der Waals surface area contributed by atoms with E-state index in [-0.39, 0.29) is 52.8 Å². The Hall–Kier alpha value is 0.726. The first-order valence-electron chi connectivity index (χ1n) is 11.1. The van der Waals surface area contributed by atoms with E-state index in [1.165, 1.54) is 64.2 Å². The van der Waals surface area contributed by atoms with Gasteiger partial charge in [0, 0.05) is 6.42 Å². The largest absolute Gasteiger partial charge is 1.00 e. The maximum absolute atomic E-state index is 10.9. The van der Waals surface area contributed by atoms with Crippen LogP contribution in [0.3, 0.4) is 0 Å². The number of hydrogen-bond donors (Lipinski definition) is 2. The van der Waals surface area contributed by atoms with E-state index in [0.717, 1.165) is 19.3 Å². The summed E-state index contributed by atoms with van der Waals surface area (Å²) in [6.07, 6.45) is 16.0. The summed E-state index contributed by atoms with van der Waals surface area (Å²) in [7, 11) is -4.70. The molecule has 0 aliphatic rings. The molecule has 1 atom stereocenters. The van der Waals surface area contributed by atoms with Crippen molar-refractivity contribution in [2.24, 2.45) is 0 Å². The van der Waals surface area contributed by atoms with Crippen molar-refractivity contribution in [1.82, 2.24) is 0 Å². The average Bonchev–Trinajstić information content (AvgIpc) is 2.69. The minimum absolute atomic E-state index is 0. The molecule has 0 heterocycles. The summed E-state index contributed by atoms with van der Waals surface area (Å²) in [4.78, 5) is 22.5. The van der Waals surface area contributed by atoms with E-state index in [1.54, 1.807) is 12.1 Å². The molecular weight excluding hydrogens is 430 g/mol. The Bertz CT molecular complexity index is 546. The number of ether oxygens (including phenoxy) is 1.